The van der Waals surface area contributed by atoms with Crippen LogP contribution in [-0.2, 0) is 12.1 Å². The molecule has 3 aromatic rings. The van der Waals surface area contributed by atoms with Crippen molar-refractivity contribution in [2.45, 2.75) is 37.8 Å². The maximum atomic E-state index is 13.4. The molecule has 6 rings (SSSR count). The molecule has 1 aromatic carbocycles. The highest BCUT2D eigenvalue weighted by Crippen LogP contribution is 2.56. The van der Waals surface area contributed by atoms with E-state index in [1.54, 1.807) is 41.2 Å². The van der Waals surface area contributed by atoms with Crippen molar-refractivity contribution in [1.29, 1.82) is 0 Å². The van der Waals surface area contributed by atoms with E-state index in [1.165, 1.54) is 16.7 Å². The van der Waals surface area contributed by atoms with Crippen molar-refractivity contribution in [3.05, 3.63) is 81.0 Å². The molecule has 0 aliphatic heterocycles. The maximum absolute atomic E-state index is 13.4. The second-order valence-corrected chi connectivity index (χ2v) is 7.86. The van der Waals surface area contributed by atoms with Crippen molar-refractivity contribution in [3.8, 4) is 11.3 Å². The van der Waals surface area contributed by atoms with E-state index >= 15 is 0 Å². The van der Waals surface area contributed by atoms with Crippen molar-refractivity contribution in [2.24, 2.45) is 5.92 Å². The third kappa shape index (κ3) is 2.69. The van der Waals surface area contributed by atoms with E-state index in [1.807, 2.05) is 0 Å². The summed E-state index contributed by atoms with van der Waals surface area (Å²) < 4.78 is 16.4. The molecule has 0 amide bonds. The molecule has 142 valence electrons. The van der Waals surface area contributed by atoms with Crippen LogP contribution in [0.2, 0.25) is 0 Å². The molecule has 6 nitrogen and oxygen atoms in total. The fourth-order valence-corrected chi connectivity index (χ4v) is 4.64. The molecule has 3 saturated carbocycles. The summed E-state index contributed by atoms with van der Waals surface area (Å²) in [4.78, 5) is 25.2. The number of benzene rings is 1. The van der Waals surface area contributed by atoms with Crippen LogP contribution in [0.3, 0.4) is 0 Å². The van der Waals surface area contributed by atoms with Crippen LogP contribution in [-0.4, -0.2) is 19.3 Å². The van der Waals surface area contributed by atoms with Crippen molar-refractivity contribution >= 4 is 0 Å². The summed E-state index contributed by atoms with van der Waals surface area (Å²) in [5, 5.41) is 8.25. The zero-order valence-corrected chi connectivity index (χ0v) is 15.2. The molecule has 3 aliphatic rings. The molecule has 2 bridgehead atoms. The first-order chi connectivity index (χ1) is 13.5. The summed E-state index contributed by atoms with van der Waals surface area (Å²) in [6.45, 7) is 0.168. The second-order valence-electron chi connectivity index (χ2n) is 7.86. The Morgan fingerprint density at radius 1 is 1.07 bits per heavy atom. The molecule has 7 heteroatoms. The Morgan fingerprint density at radius 3 is 2.61 bits per heavy atom. The van der Waals surface area contributed by atoms with Crippen LogP contribution >= 0.6 is 0 Å². The fraction of sp³-hybridized carbons (Fsp3) is 0.333. The first-order valence-corrected chi connectivity index (χ1v) is 9.45. The van der Waals surface area contributed by atoms with Crippen molar-refractivity contribution < 1.29 is 4.39 Å². The van der Waals surface area contributed by atoms with Gasteiger partial charge in [0.05, 0.1) is 17.9 Å². The van der Waals surface area contributed by atoms with Crippen LogP contribution in [0.5, 0.6) is 0 Å². The number of aromatic nitrogens is 4. The molecule has 2 heterocycles. The number of rotatable bonds is 4. The van der Waals surface area contributed by atoms with E-state index in [9.17, 15) is 14.0 Å². The first kappa shape index (κ1) is 17.0. The lowest BCUT2D eigenvalue weighted by atomic mass is 9.77. The highest BCUT2D eigenvalue weighted by atomic mass is 19.1. The lowest BCUT2D eigenvalue weighted by Crippen LogP contribution is -2.51. The van der Waals surface area contributed by atoms with Gasteiger partial charge in [-0.15, -0.1) is 0 Å². The zero-order valence-electron chi connectivity index (χ0n) is 15.2. The molecule has 0 N–H and O–H groups in total. The highest BCUT2D eigenvalue weighted by molar-refractivity contribution is 5.58. The Kier molecular flexibility index (Phi) is 3.79. The van der Waals surface area contributed by atoms with Gasteiger partial charge in [-0.1, -0.05) is 12.1 Å². The van der Waals surface area contributed by atoms with E-state index in [0.717, 1.165) is 25.7 Å². The second kappa shape index (κ2) is 6.22. The standard InChI is InChI=1S/C21H19FN4O2/c22-16-3-1-2-15(10-16)18-5-4-17(23-24-18)13-25-8-9-26(20(28)19(25)27)21-7-6-14(11-21)12-21/h1-5,8-10,14H,6-7,11-13H2. The largest absolute Gasteiger partial charge is 0.316 e. The summed E-state index contributed by atoms with van der Waals surface area (Å²) in [5.74, 6) is 0.371. The highest BCUT2D eigenvalue weighted by Gasteiger charge is 2.52. The molecule has 28 heavy (non-hydrogen) atoms. The molecule has 3 aliphatic carbocycles. The monoisotopic (exact) mass is 378 g/mol. The van der Waals surface area contributed by atoms with Crippen LogP contribution in [0.1, 0.15) is 31.4 Å². The molecule has 0 spiro atoms. The van der Waals surface area contributed by atoms with E-state index in [-0.39, 0.29) is 17.9 Å². The summed E-state index contributed by atoms with van der Waals surface area (Å²) >= 11 is 0. The third-order valence-electron chi connectivity index (χ3n) is 6.10. The van der Waals surface area contributed by atoms with Crippen molar-refractivity contribution in [3.63, 3.8) is 0 Å². The van der Waals surface area contributed by atoms with Gasteiger partial charge < -0.3 is 9.13 Å². The van der Waals surface area contributed by atoms with Gasteiger partial charge in [0.2, 0.25) is 0 Å². The molecule has 0 atom stereocenters. The summed E-state index contributed by atoms with van der Waals surface area (Å²) in [5.41, 5.74) is 0.601. The summed E-state index contributed by atoms with van der Waals surface area (Å²) in [6, 6.07) is 9.59. The molecule has 0 radical (unpaired) electrons. The quantitative estimate of drug-likeness (QED) is 0.655. The number of hydrogen-bond acceptors (Lipinski definition) is 4. The topological polar surface area (TPSA) is 69.8 Å². The van der Waals surface area contributed by atoms with Gasteiger partial charge in [0.1, 0.15) is 5.82 Å². The van der Waals surface area contributed by atoms with E-state index < -0.39 is 11.1 Å². The fourth-order valence-electron chi connectivity index (χ4n) is 4.64. The Morgan fingerprint density at radius 2 is 1.93 bits per heavy atom. The summed E-state index contributed by atoms with van der Waals surface area (Å²) in [6.07, 6.45) is 7.52. The molecular formula is C21H19FN4O2. The average Bonchev–Trinajstić information content (AvgIpc) is 3.28. The van der Waals surface area contributed by atoms with Gasteiger partial charge in [0, 0.05) is 23.5 Å². The van der Waals surface area contributed by atoms with Crippen molar-refractivity contribution in [2.75, 3.05) is 0 Å². The third-order valence-corrected chi connectivity index (χ3v) is 6.10. The lowest BCUT2D eigenvalue weighted by Gasteiger charge is -2.40. The SMILES string of the molecule is O=c1c(=O)n(C23CCC(C2)C3)ccn1Cc1ccc(-c2cccc(F)c2)nn1. The number of fused-ring (bicyclic) bond motifs is 1. The molecule has 0 saturated heterocycles. The van der Waals surface area contributed by atoms with Crippen LogP contribution < -0.4 is 11.1 Å². The van der Waals surface area contributed by atoms with Crippen LogP contribution in [0.4, 0.5) is 4.39 Å². The molecule has 3 fully saturated rings. The molecule has 2 aromatic heterocycles. The van der Waals surface area contributed by atoms with Gasteiger partial charge in [-0.3, -0.25) is 9.59 Å². The Balaban J connectivity index is 1.40. The predicted molar refractivity (Wildman–Crippen MR) is 101 cm³/mol. The van der Waals surface area contributed by atoms with Gasteiger partial charge in [0.15, 0.2) is 0 Å². The predicted octanol–water partition coefficient (Wildman–Crippen LogP) is 2.55. The number of halogens is 1. The Labute approximate surface area is 160 Å². The van der Waals surface area contributed by atoms with E-state index in [2.05, 4.69) is 10.2 Å². The van der Waals surface area contributed by atoms with Crippen LogP contribution in [0.25, 0.3) is 11.3 Å². The lowest BCUT2D eigenvalue weighted by molar-refractivity contribution is 0.145. The van der Waals surface area contributed by atoms with Gasteiger partial charge in [0.25, 0.3) is 0 Å². The number of hydrogen-bond donors (Lipinski definition) is 0. The normalized spacial score (nSPS) is 22.8. The van der Waals surface area contributed by atoms with E-state index in [0.29, 0.717) is 22.9 Å². The van der Waals surface area contributed by atoms with Gasteiger partial charge in [-0.2, -0.15) is 10.2 Å². The minimum atomic E-state index is -0.539. The minimum absolute atomic E-state index is 0.133. The smallest absolute Gasteiger partial charge is 0.303 e. The zero-order chi connectivity index (χ0) is 19.3. The Hall–Kier alpha value is -3.09. The van der Waals surface area contributed by atoms with Gasteiger partial charge >= 0.3 is 11.1 Å². The molecular weight excluding hydrogens is 359 g/mol. The number of nitrogens with zero attached hydrogens (tertiary/aromatic N) is 4. The van der Waals surface area contributed by atoms with Gasteiger partial charge in [-0.05, 0) is 55.9 Å². The van der Waals surface area contributed by atoms with Crippen molar-refractivity contribution in [1.82, 2.24) is 19.3 Å². The summed E-state index contributed by atoms with van der Waals surface area (Å²) in [7, 11) is 0. The van der Waals surface area contributed by atoms with E-state index in [4.69, 9.17) is 0 Å². The first-order valence-electron chi connectivity index (χ1n) is 9.45. The average molecular weight is 378 g/mol. The molecule has 0 unspecified atom stereocenters. The van der Waals surface area contributed by atoms with Gasteiger partial charge in [-0.25, -0.2) is 4.39 Å². The van der Waals surface area contributed by atoms with Crippen LogP contribution in [0, 0.1) is 11.7 Å². The maximum Gasteiger partial charge on any atom is 0.316 e. The Bertz CT molecular complexity index is 1150. The minimum Gasteiger partial charge on any atom is -0.303 e. The van der Waals surface area contributed by atoms with Crippen LogP contribution in [0.15, 0.2) is 58.4 Å².